The Morgan fingerprint density at radius 2 is 1.22 bits per heavy atom. The monoisotopic (exact) mass is 764 g/mol. The molecule has 0 aromatic heterocycles. The van der Waals surface area contributed by atoms with Crippen molar-refractivity contribution in [1.29, 1.82) is 0 Å². The summed E-state index contributed by atoms with van der Waals surface area (Å²) in [6, 6.07) is 6.04. The highest BCUT2D eigenvalue weighted by molar-refractivity contribution is 8.10. The first-order valence-corrected chi connectivity index (χ1v) is 19.9. The third-order valence-electron chi connectivity index (χ3n) is 7.31. The van der Waals surface area contributed by atoms with Crippen molar-refractivity contribution in [2.45, 2.75) is 51.2 Å². The van der Waals surface area contributed by atoms with Crippen molar-refractivity contribution >= 4 is 36.0 Å². The van der Waals surface area contributed by atoms with Crippen molar-refractivity contribution in [3.63, 3.8) is 0 Å². The van der Waals surface area contributed by atoms with Crippen molar-refractivity contribution < 1.29 is 52.2 Å². The minimum Gasteiger partial charge on any atom is -0.443 e. The van der Waals surface area contributed by atoms with Crippen LogP contribution in [0.2, 0.25) is 0 Å². The fraction of sp³-hybridized carbons (Fsp3) is 0.735. The zero-order chi connectivity index (χ0) is 38.0. The molecule has 0 saturated heterocycles. The molecule has 51 heavy (non-hydrogen) atoms. The molecule has 17 heteroatoms. The van der Waals surface area contributed by atoms with Gasteiger partial charge in [0.15, 0.2) is 0 Å². The zero-order valence-electron chi connectivity index (χ0n) is 31.2. The molecule has 1 aromatic rings. The topological polar surface area (TPSA) is 175 Å². The summed E-state index contributed by atoms with van der Waals surface area (Å²) in [5, 5.41) is 7.97. The van der Waals surface area contributed by atoms with Crippen molar-refractivity contribution in [2.24, 2.45) is 0 Å². The maximum absolute atomic E-state index is 13.8. The summed E-state index contributed by atoms with van der Waals surface area (Å²) in [7, 11) is 4.76. The number of nitrogens with one attached hydrogen (secondary N) is 3. The molecule has 1 rings (SSSR count). The third-order valence-corrected chi connectivity index (χ3v) is 11.3. The number of amides is 3. The van der Waals surface area contributed by atoms with Gasteiger partial charge >= 0.3 is 0 Å². The molecule has 0 fully saturated rings. The van der Waals surface area contributed by atoms with Gasteiger partial charge in [-0.05, 0) is 48.8 Å². The summed E-state index contributed by atoms with van der Waals surface area (Å²) >= 11 is 5.38. The Morgan fingerprint density at radius 1 is 0.725 bits per heavy atom. The van der Waals surface area contributed by atoms with Crippen LogP contribution in [0.25, 0.3) is 0 Å². The minimum absolute atomic E-state index is 0.180. The molecule has 0 saturated carbocycles. The number of unbranched alkanes of at least 4 members (excludes halogenated alkanes) is 1. The standard InChI is InChI=1S/C34H61N4O11PS/c1-34(2,3)50(42,51)49-29-11-9-28(10-12-29)25-30(33(41)37-13-7-8-16-46-22-19-43-4)38(26-31(39)35-14-17-47-23-20-44-5)27-32(40)36-15-18-48-24-21-45-6/h9-12,30H,7-8,13-27H2,1-6H3,(H,35,39)(H,36,40)(H,37,41)(H,42,51). The molecule has 4 N–H and O–H groups in total. The molecule has 294 valence electrons. The van der Waals surface area contributed by atoms with Gasteiger partial charge in [0.2, 0.25) is 24.2 Å². The molecule has 2 unspecified atom stereocenters. The van der Waals surface area contributed by atoms with E-state index in [0.717, 1.165) is 12.0 Å². The molecule has 0 heterocycles. The summed E-state index contributed by atoms with van der Waals surface area (Å²) in [6.07, 6.45) is 1.58. The Hall–Kier alpha value is -2.24. The largest absolute Gasteiger partial charge is 0.443 e. The number of nitrogens with zero attached hydrogens (tertiary/aromatic N) is 1. The molecule has 2 atom stereocenters. The smallest absolute Gasteiger partial charge is 0.240 e. The van der Waals surface area contributed by atoms with E-state index in [9.17, 15) is 19.3 Å². The van der Waals surface area contributed by atoms with Crippen LogP contribution in [0.4, 0.5) is 0 Å². The van der Waals surface area contributed by atoms with Crippen LogP contribution < -0.4 is 20.5 Å². The van der Waals surface area contributed by atoms with Crippen LogP contribution in [0.1, 0.15) is 39.2 Å². The van der Waals surface area contributed by atoms with E-state index < -0.39 is 17.7 Å². The Labute approximate surface area is 308 Å². The maximum atomic E-state index is 13.8. The number of methoxy groups -OCH3 is 3. The lowest BCUT2D eigenvalue weighted by molar-refractivity contribution is -0.131. The Kier molecular flexibility index (Phi) is 25.1. The van der Waals surface area contributed by atoms with E-state index in [4.69, 9.17) is 44.8 Å². The summed E-state index contributed by atoms with van der Waals surface area (Å²) in [5.41, 5.74) is 0.750. The van der Waals surface area contributed by atoms with Gasteiger partial charge in [-0.2, -0.15) is 0 Å². The summed E-state index contributed by atoms with van der Waals surface area (Å²) in [4.78, 5) is 52.4. The van der Waals surface area contributed by atoms with Gasteiger partial charge in [0, 0.05) is 52.7 Å². The SMILES string of the molecule is COCCOCCCCNC(=O)C(Cc1ccc(OP(O)(=S)C(C)(C)C)cc1)N(CC(=O)NCCOCCOC)CC(=O)NCCOCCOC. The Morgan fingerprint density at radius 3 is 1.69 bits per heavy atom. The predicted molar refractivity (Wildman–Crippen MR) is 199 cm³/mol. The van der Waals surface area contributed by atoms with Gasteiger partial charge in [-0.15, -0.1) is 0 Å². The van der Waals surface area contributed by atoms with Gasteiger partial charge in [0.25, 0.3) is 0 Å². The number of hydrogen-bond donors (Lipinski definition) is 4. The van der Waals surface area contributed by atoms with E-state index in [2.05, 4.69) is 16.0 Å². The van der Waals surface area contributed by atoms with Gasteiger partial charge in [0.1, 0.15) is 5.75 Å². The molecule has 0 aliphatic heterocycles. The van der Waals surface area contributed by atoms with Crippen molar-refractivity contribution in [2.75, 3.05) is 114 Å². The fourth-order valence-corrected chi connectivity index (χ4v) is 5.19. The summed E-state index contributed by atoms with van der Waals surface area (Å²) < 4.78 is 37.1. The molecule has 0 aliphatic rings. The first-order chi connectivity index (χ1) is 24.3. The normalized spacial score (nSPS) is 13.4. The average Bonchev–Trinajstić information content (AvgIpc) is 3.07. The molecule has 0 bridgehead atoms. The molecule has 0 radical (unpaired) electrons. The van der Waals surface area contributed by atoms with E-state index >= 15 is 0 Å². The predicted octanol–water partition coefficient (Wildman–Crippen LogP) is 1.50. The second-order valence-electron chi connectivity index (χ2n) is 12.6. The van der Waals surface area contributed by atoms with Crippen LogP contribution in [0.15, 0.2) is 24.3 Å². The second-order valence-corrected chi connectivity index (χ2v) is 16.6. The zero-order valence-corrected chi connectivity index (χ0v) is 33.0. The Bertz CT molecular complexity index is 1130. The average molecular weight is 765 g/mol. The van der Waals surface area contributed by atoms with E-state index in [-0.39, 0.29) is 63.5 Å². The van der Waals surface area contributed by atoms with Crippen LogP contribution in [0, 0.1) is 0 Å². The van der Waals surface area contributed by atoms with E-state index in [1.54, 1.807) is 50.5 Å². The van der Waals surface area contributed by atoms with Gasteiger partial charge in [0.05, 0.1) is 72.0 Å². The fourth-order valence-electron chi connectivity index (χ4n) is 4.25. The van der Waals surface area contributed by atoms with E-state index in [1.165, 1.54) is 0 Å². The number of rotatable bonds is 30. The lowest BCUT2D eigenvalue weighted by atomic mass is 10.0. The lowest BCUT2D eigenvalue weighted by Gasteiger charge is -2.30. The summed E-state index contributed by atoms with van der Waals surface area (Å²) in [5.74, 6) is -0.664. The van der Waals surface area contributed by atoms with Crippen LogP contribution in [0.3, 0.4) is 0 Å². The number of carbonyl (C=O) groups is 3. The molecule has 0 aliphatic carbocycles. The van der Waals surface area contributed by atoms with E-state index in [0.29, 0.717) is 65.0 Å². The highest BCUT2D eigenvalue weighted by atomic mass is 32.5. The molecule has 1 aromatic carbocycles. The number of ether oxygens (including phenoxy) is 6. The van der Waals surface area contributed by atoms with Crippen LogP contribution in [0.5, 0.6) is 5.75 Å². The molecular weight excluding hydrogens is 703 g/mol. The van der Waals surface area contributed by atoms with Gasteiger partial charge in [-0.3, -0.25) is 19.3 Å². The molecule has 3 amide bonds. The highest BCUT2D eigenvalue weighted by Crippen LogP contribution is 2.54. The second kappa shape index (κ2) is 27.4. The minimum atomic E-state index is -3.14. The van der Waals surface area contributed by atoms with E-state index in [1.807, 2.05) is 20.8 Å². The number of benzene rings is 1. The van der Waals surface area contributed by atoms with Crippen molar-refractivity contribution in [3.05, 3.63) is 29.8 Å². The van der Waals surface area contributed by atoms with Crippen molar-refractivity contribution in [3.8, 4) is 5.75 Å². The summed E-state index contributed by atoms with van der Waals surface area (Å²) in [6.45, 7) is 6.52. The molecular formula is C34H61N4O11PS. The van der Waals surface area contributed by atoms with Crippen molar-refractivity contribution in [1.82, 2.24) is 20.9 Å². The van der Waals surface area contributed by atoms with Crippen LogP contribution in [-0.2, 0) is 61.0 Å². The third kappa shape index (κ3) is 21.8. The first-order valence-electron chi connectivity index (χ1n) is 17.2. The first kappa shape index (κ1) is 46.8. The number of carbonyl (C=O) groups excluding carboxylic acids is 3. The molecule has 0 spiro atoms. The van der Waals surface area contributed by atoms with Crippen LogP contribution in [-0.4, -0.2) is 152 Å². The van der Waals surface area contributed by atoms with Gasteiger partial charge in [-0.25, -0.2) is 0 Å². The maximum Gasteiger partial charge on any atom is 0.240 e. The highest BCUT2D eigenvalue weighted by Gasteiger charge is 2.33. The Balaban J connectivity index is 3.16. The van der Waals surface area contributed by atoms with Crippen LogP contribution >= 0.6 is 6.49 Å². The quantitative estimate of drug-likeness (QED) is 0.0656. The van der Waals surface area contributed by atoms with Gasteiger partial charge < -0.3 is 53.8 Å². The number of hydrogen-bond acceptors (Lipinski definition) is 12. The van der Waals surface area contributed by atoms with Gasteiger partial charge in [-0.1, -0.05) is 32.9 Å². The molecule has 15 nitrogen and oxygen atoms in total. The lowest BCUT2D eigenvalue weighted by Crippen LogP contribution is -2.54.